The molecule has 2 aromatic rings. The number of nitrogens with zero attached hydrogens (tertiary/aromatic N) is 2. The van der Waals surface area contributed by atoms with Crippen LogP contribution < -0.4 is 5.32 Å². The number of nitro benzene ring substituents is 1. The number of rotatable bonds is 3. The number of hydrogen-bond acceptors (Lipinski definition) is 6. The van der Waals surface area contributed by atoms with Crippen molar-refractivity contribution in [2.24, 2.45) is 4.99 Å². The number of amides is 1. The molecule has 0 atom stereocenters. The van der Waals surface area contributed by atoms with Crippen LogP contribution in [0.3, 0.4) is 0 Å². The number of nitrogens with one attached hydrogen (secondary N) is 1. The normalized spacial score (nSPS) is 16.8. The first-order valence-corrected chi connectivity index (χ1v) is 9.39. The molecule has 1 amide bonds. The molecule has 1 saturated heterocycles. The average Bonchev–Trinajstić information content (AvgIpc) is 2.94. The highest BCUT2D eigenvalue weighted by atomic mass is 79.9. The van der Waals surface area contributed by atoms with Crippen LogP contribution in [0.25, 0.3) is 6.08 Å². The SMILES string of the molecule is Cc1ccc(C)c(N=C2NC(=O)/C(=C/c3cc([N+](=O)[O-])cc(Br)c3O)S2)c1. The second-order valence-electron chi connectivity index (χ2n) is 5.89. The monoisotopic (exact) mass is 447 g/mol. The van der Waals surface area contributed by atoms with Crippen LogP contribution in [0.1, 0.15) is 16.7 Å². The number of nitro groups is 1. The standard InChI is InChI=1S/C18H14BrN3O4S/c1-9-3-4-10(2)14(5-9)20-18-21-17(24)15(27-18)7-11-6-12(22(25)26)8-13(19)16(11)23/h3-8,23H,1-2H3,(H,20,21,24)/b15-7-. The van der Waals surface area contributed by atoms with Gasteiger partial charge in [-0.15, -0.1) is 0 Å². The number of benzene rings is 2. The summed E-state index contributed by atoms with van der Waals surface area (Å²) in [5.41, 5.74) is 2.75. The van der Waals surface area contributed by atoms with Crippen molar-refractivity contribution in [1.82, 2.24) is 5.32 Å². The van der Waals surface area contributed by atoms with E-state index in [-0.39, 0.29) is 32.3 Å². The number of aliphatic imine (C=N–C) groups is 1. The lowest BCUT2D eigenvalue weighted by atomic mass is 10.1. The second-order valence-corrected chi connectivity index (χ2v) is 7.78. The van der Waals surface area contributed by atoms with Crippen LogP contribution in [-0.2, 0) is 4.79 Å². The highest BCUT2D eigenvalue weighted by molar-refractivity contribution is 9.10. The van der Waals surface area contributed by atoms with Gasteiger partial charge in [0.2, 0.25) is 0 Å². The predicted octanol–water partition coefficient (Wildman–Crippen LogP) is 4.57. The number of aromatic hydroxyl groups is 1. The summed E-state index contributed by atoms with van der Waals surface area (Å²) in [5.74, 6) is -0.562. The van der Waals surface area contributed by atoms with Gasteiger partial charge in [0.1, 0.15) is 5.75 Å². The maximum absolute atomic E-state index is 12.2. The summed E-state index contributed by atoms with van der Waals surface area (Å²) in [7, 11) is 0. The van der Waals surface area contributed by atoms with Crippen molar-refractivity contribution < 1.29 is 14.8 Å². The van der Waals surface area contributed by atoms with Crippen molar-refractivity contribution in [3.8, 4) is 5.75 Å². The summed E-state index contributed by atoms with van der Waals surface area (Å²) in [6.45, 7) is 3.88. The van der Waals surface area contributed by atoms with Gasteiger partial charge in [0.25, 0.3) is 11.6 Å². The summed E-state index contributed by atoms with van der Waals surface area (Å²) in [4.78, 5) is 27.4. The number of hydrogen-bond donors (Lipinski definition) is 2. The third-order valence-electron chi connectivity index (χ3n) is 3.81. The maximum Gasteiger partial charge on any atom is 0.271 e. The molecule has 0 aromatic heterocycles. The second kappa shape index (κ2) is 7.53. The summed E-state index contributed by atoms with van der Waals surface area (Å²) < 4.78 is 0.177. The lowest BCUT2D eigenvalue weighted by molar-refractivity contribution is -0.385. The Labute approximate surface area is 167 Å². The van der Waals surface area contributed by atoms with Gasteiger partial charge in [-0.25, -0.2) is 4.99 Å². The van der Waals surface area contributed by atoms with E-state index in [9.17, 15) is 20.0 Å². The first-order valence-electron chi connectivity index (χ1n) is 7.78. The summed E-state index contributed by atoms with van der Waals surface area (Å²) in [5, 5.41) is 24.2. The Kier molecular flexibility index (Phi) is 5.33. The molecule has 138 valence electrons. The Bertz CT molecular complexity index is 1030. The third-order valence-corrected chi connectivity index (χ3v) is 5.33. The molecule has 3 rings (SSSR count). The largest absolute Gasteiger partial charge is 0.506 e. The van der Waals surface area contributed by atoms with Crippen LogP contribution in [-0.4, -0.2) is 21.1 Å². The molecule has 1 fully saturated rings. The quantitative estimate of drug-likeness (QED) is 0.407. The van der Waals surface area contributed by atoms with Crippen molar-refractivity contribution in [2.75, 3.05) is 0 Å². The van der Waals surface area contributed by atoms with E-state index in [4.69, 9.17) is 0 Å². The minimum absolute atomic E-state index is 0.168. The summed E-state index contributed by atoms with van der Waals surface area (Å²) >= 11 is 4.19. The molecule has 1 heterocycles. The summed E-state index contributed by atoms with van der Waals surface area (Å²) in [6.07, 6.45) is 1.40. The summed E-state index contributed by atoms with van der Waals surface area (Å²) in [6, 6.07) is 8.26. The van der Waals surface area contributed by atoms with Gasteiger partial charge in [0.05, 0.1) is 20.0 Å². The van der Waals surface area contributed by atoms with E-state index < -0.39 is 4.92 Å². The zero-order valence-electron chi connectivity index (χ0n) is 14.3. The lowest BCUT2D eigenvalue weighted by Gasteiger charge is -2.03. The number of phenols is 1. The molecule has 0 saturated carbocycles. The molecule has 0 bridgehead atoms. The van der Waals surface area contributed by atoms with Crippen molar-refractivity contribution >= 4 is 56.2 Å². The fourth-order valence-electron chi connectivity index (χ4n) is 2.39. The average molecular weight is 448 g/mol. The van der Waals surface area contributed by atoms with E-state index in [0.717, 1.165) is 28.6 Å². The molecule has 0 spiro atoms. The zero-order chi connectivity index (χ0) is 19.7. The van der Waals surface area contributed by atoms with E-state index in [1.165, 1.54) is 18.2 Å². The number of aryl methyl sites for hydroxylation is 2. The number of non-ortho nitro benzene ring substituents is 1. The van der Waals surface area contributed by atoms with E-state index in [1.54, 1.807) is 0 Å². The Morgan fingerprint density at radius 1 is 1.30 bits per heavy atom. The fraction of sp³-hybridized carbons (Fsp3) is 0.111. The fourth-order valence-corrected chi connectivity index (χ4v) is 3.68. The number of phenolic OH excluding ortho intramolecular Hbond substituents is 1. The Morgan fingerprint density at radius 2 is 2.04 bits per heavy atom. The first-order chi connectivity index (χ1) is 12.7. The predicted molar refractivity (Wildman–Crippen MR) is 109 cm³/mol. The van der Waals surface area contributed by atoms with Crippen molar-refractivity contribution in [1.29, 1.82) is 0 Å². The maximum atomic E-state index is 12.2. The smallest absolute Gasteiger partial charge is 0.271 e. The Balaban J connectivity index is 1.95. The van der Waals surface area contributed by atoms with Crippen LogP contribution in [0.15, 0.2) is 44.7 Å². The highest BCUT2D eigenvalue weighted by Crippen LogP contribution is 2.36. The van der Waals surface area contributed by atoms with Gasteiger partial charge in [-0.05, 0) is 64.8 Å². The van der Waals surface area contributed by atoms with Crippen molar-refractivity contribution in [3.63, 3.8) is 0 Å². The van der Waals surface area contributed by atoms with Crippen molar-refractivity contribution in [3.05, 3.63) is 66.5 Å². The number of carbonyl (C=O) groups is 1. The van der Waals surface area contributed by atoms with Crippen LogP contribution in [0.2, 0.25) is 0 Å². The van der Waals surface area contributed by atoms with E-state index in [1.807, 2.05) is 32.0 Å². The Hall–Kier alpha value is -2.65. The molecule has 2 N–H and O–H groups in total. The zero-order valence-corrected chi connectivity index (χ0v) is 16.7. The van der Waals surface area contributed by atoms with Gasteiger partial charge in [-0.3, -0.25) is 14.9 Å². The molecule has 1 aliphatic rings. The molecule has 0 unspecified atom stereocenters. The minimum atomic E-state index is -0.568. The number of carbonyl (C=O) groups excluding carboxylic acids is 1. The van der Waals surface area contributed by atoms with Gasteiger partial charge in [-0.2, -0.15) is 0 Å². The van der Waals surface area contributed by atoms with Gasteiger partial charge in [0, 0.05) is 17.7 Å². The van der Waals surface area contributed by atoms with Crippen LogP contribution in [0.4, 0.5) is 11.4 Å². The van der Waals surface area contributed by atoms with Crippen LogP contribution in [0, 0.1) is 24.0 Å². The topological polar surface area (TPSA) is 105 Å². The first kappa shape index (κ1) is 19.1. The molecule has 0 radical (unpaired) electrons. The molecule has 9 heteroatoms. The van der Waals surface area contributed by atoms with Gasteiger partial charge < -0.3 is 10.4 Å². The van der Waals surface area contributed by atoms with E-state index >= 15 is 0 Å². The molecule has 27 heavy (non-hydrogen) atoms. The molecule has 1 aliphatic heterocycles. The third kappa shape index (κ3) is 4.20. The lowest BCUT2D eigenvalue weighted by Crippen LogP contribution is -2.19. The van der Waals surface area contributed by atoms with E-state index in [0.29, 0.717) is 5.17 Å². The van der Waals surface area contributed by atoms with Crippen molar-refractivity contribution in [2.45, 2.75) is 13.8 Å². The molecular formula is C18H14BrN3O4S. The molecule has 2 aromatic carbocycles. The number of amidine groups is 1. The highest BCUT2D eigenvalue weighted by Gasteiger charge is 2.25. The Morgan fingerprint density at radius 3 is 2.74 bits per heavy atom. The van der Waals surface area contributed by atoms with Crippen LogP contribution >= 0.6 is 27.7 Å². The minimum Gasteiger partial charge on any atom is -0.506 e. The van der Waals surface area contributed by atoms with Gasteiger partial charge in [-0.1, -0.05) is 12.1 Å². The number of halogens is 1. The van der Waals surface area contributed by atoms with E-state index in [2.05, 4.69) is 26.2 Å². The number of thioether (sulfide) groups is 1. The van der Waals surface area contributed by atoms with Gasteiger partial charge in [0.15, 0.2) is 5.17 Å². The molecular weight excluding hydrogens is 434 g/mol. The van der Waals surface area contributed by atoms with Gasteiger partial charge >= 0.3 is 0 Å². The molecule has 7 nitrogen and oxygen atoms in total. The molecule has 0 aliphatic carbocycles. The van der Waals surface area contributed by atoms with Crippen LogP contribution in [0.5, 0.6) is 5.75 Å².